The number of carbonyl (C=O) groups is 2. The third-order valence-electron chi connectivity index (χ3n) is 4.45. The van der Waals surface area contributed by atoms with Crippen LogP contribution in [-0.2, 0) is 25.9 Å². The zero-order valence-corrected chi connectivity index (χ0v) is 14.6. The van der Waals surface area contributed by atoms with Crippen molar-refractivity contribution in [2.24, 2.45) is 0 Å². The van der Waals surface area contributed by atoms with Crippen LogP contribution in [0.4, 0.5) is 13.2 Å². The second kappa shape index (κ2) is 6.97. The molecule has 142 valence electrons. The molecule has 26 heavy (non-hydrogen) atoms. The number of likely N-dealkylation sites (N-methyl/N-ethyl adjacent to an activating group) is 1. The number of carbonyl (C=O) groups excluding carboxylic acids is 2. The molecule has 1 atom stereocenters. The first-order chi connectivity index (χ1) is 12.1. The highest BCUT2D eigenvalue weighted by atomic mass is 19.4. The number of nitrogens with zero attached hydrogens (tertiary/aromatic N) is 2. The molecule has 0 spiro atoms. The van der Waals surface area contributed by atoms with Crippen LogP contribution in [0.2, 0.25) is 0 Å². The Balaban J connectivity index is 2.61. The monoisotopic (exact) mass is 372 g/mol. The Bertz CT molecular complexity index is 743. The van der Waals surface area contributed by atoms with E-state index in [9.17, 15) is 27.9 Å². The van der Waals surface area contributed by atoms with Crippen LogP contribution < -0.4 is 0 Å². The lowest BCUT2D eigenvalue weighted by Crippen LogP contribution is -2.50. The van der Waals surface area contributed by atoms with Crippen molar-refractivity contribution in [2.45, 2.75) is 31.9 Å². The van der Waals surface area contributed by atoms with Crippen LogP contribution in [-0.4, -0.2) is 47.1 Å². The van der Waals surface area contributed by atoms with Crippen molar-refractivity contribution in [1.82, 2.24) is 9.88 Å². The van der Waals surface area contributed by atoms with Crippen molar-refractivity contribution >= 4 is 11.9 Å². The second-order valence-corrected chi connectivity index (χ2v) is 5.97. The molecule has 2 rings (SSSR count). The van der Waals surface area contributed by atoms with E-state index < -0.39 is 40.5 Å². The Hall–Kier alpha value is -2.58. The minimum Gasteiger partial charge on any atom is -0.510 e. The average molecular weight is 372 g/mol. The maximum Gasteiger partial charge on any atom is 0.433 e. The summed E-state index contributed by atoms with van der Waals surface area (Å²) in [5.74, 6) is -2.19. The maximum absolute atomic E-state index is 12.7. The van der Waals surface area contributed by atoms with Crippen molar-refractivity contribution in [1.29, 1.82) is 0 Å². The molecule has 1 aromatic heterocycles. The first-order valence-electron chi connectivity index (χ1n) is 7.98. The maximum atomic E-state index is 12.7. The number of ether oxygens (including phenoxy) is 1. The van der Waals surface area contributed by atoms with E-state index in [1.165, 1.54) is 18.0 Å². The van der Waals surface area contributed by atoms with Crippen LogP contribution in [0.15, 0.2) is 29.7 Å². The summed E-state index contributed by atoms with van der Waals surface area (Å²) in [4.78, 5) is 29.1. The van der Waals surface area contributed by atoms with Gasteiger partial charge in [0, 0.05) is 19.8 Å². The molecule has 0 aromatic carbocycles. The highest BCUT2D eigenvalue weighted by molar-refractivity contribution is 6.17. The molecule has 0 saturated heterocycles. The molecule has 1 aromatic rings. The third kappa shape index (κ3) is 3.25. The lowest BCUT2D eigenvalue weighted by Gasteiger charge is -2.40. The van der Waals surface area contributed by atoms with Gasteiger partial charge in [-0.05, 0) is 25.0 Å². The molecule has 1 N–H and O–H groups in total. The third-order valence-corrected chi connectivity index (χ3v) is 4.45. The Kier molecular flexibility index (Phi) is 5.29. The molecular formula is C17H19F3N2O4. The standard InChI is InChI=1S/C17H19F3N2O4/c1-4-16(10-6-7-11(21-8-10)17(18,19)20)9-22(3)14(24)12(13(16)23)15(25)26-5-2/h6-8,23H,4-5,9H2,1-3H3. The SMILES string of the molecule is CCOC(=O)C1=C(O)C(CC)(c2ccc(C(F)(F)F)nc2)CN(C)C1=O. The molecule has 0 radical (unpaired) electrons. The first kappa shape index (κ1) is 19.7. The van der Waals surface area contributed by atoms with Crippen molar-refractivity contribution in [3.8, 4) is 0 Å². The van der Waals surface area contributed by atoms with Crippen LogP contribution in [0.5, 0.6) is 0 Å². The molecule has 9 heteroatoms. The summed E-state index contributed by atoms with van der Waals surface area (Å²) in [5, 5.41) is 10.7. The Labute approximate surface area is 148 Å². The molecular weight excluding hydrogens is 353 g/mol. The minimum atomic E-state index is -4.59. The van der Waals surface area contributed by atoms with E-state index in [0.29, 0.717) is 0 Å². The summed E-state index contributed by atoms with van der Waals surface area (Å²) in [7, 11) is 1.44. The molecule has 1 unspecified atom stereocenters. The van der Waals surface area contributed by atoms with Crippen LogP contribution in [0.1, 0.15) is 31.5 Å². The molecule has 0 fully saturated rings. The fraction of sp³-hybridized carbons (Fsp3) is 0.471. The number of aliphatic hydroxyl groups excluding tert-OH is 1. The number of hydrogen-bond acceptors (Lipinski definition) is 5. The lowest BCUT2D eigenvalue weighted by atomic mass is 9.73. The number of pyridine rings is 1. The summed E-state index contributed by atoms with van der Waals surface area (Å²) >= 11 is 0. The highest BCUT2D eigenvalue weighted by Crippen LogP contribution is 2.40. The smallest absolute Gasteiger partial charge is 0.433 e. The zero-order chi connectivity index (χ0) is 19.7. The molecule has 0 bridgehead atoms. The van der Waals surface area contributed by atoms with E-state index >= 15 is 0 Å². The summed E-state index contributed by atoms with van der Waals surface area (Å²) in [5.41, 5.74) is -2.56. The number of aliphatic hydroxyl groups is 1. The van der Waals surface area contributed by atoms with Gasteiger partial charge in [0.05, 0.1) is 12.0 Å². The van der Waals surface area contributed by atoms with Gasteiger partial charge >= 0.3 is 12.1 Å². The fourth-order valence-corrected chi connectivity index (χ4v) is 3.03. The van der Waals surface area contributed by atoms with E-state index in [-0.39, 0.29) is 25.1 Å². The van der Waals surface area contributed by atoms with Crippen LogP contribution in [0.3, 0.4) is 0 Å². The largest absolute Gasteiger partial charge is 0.510 e. The van der Waals surface area contributed by atoms with Gasteiger partial charge < -0.3 is 14.7 Å². The Morgan fingerprint density at radius 1 is 1.38 bits per heavy atom. The van der Waals surface area contributed by atoms with Crippen molar-refractivity contribution in [3.63, 3.8) is 0 Å². The number of amides is 1. The molecule has 0 aliphatic carbocycles. The van der Waals surface area contributed by atoms with Gasteiger partial charge in [-0.15, -0.1) is 0 Å². The van der Waals surface area contributed by atoms with E-state index in [1.54, 1.807) is 13.8 Å². The number of rotatable bonds is 4. The van der Waals surface area contributed by atoms with Gasteiger partial charge in [0.25, 0.3) is 5.91 Å². The molecule has 0 saturated carbocycles. The molecule has 1 aliphatic rings. The van der Waals surface area contributed by atoms with Gasteiger partial charge in [0.1, 0.15) is 11.5 Å². The van der Waals surface area contributed by atoms with E-state index in [0.717, 1.165) is 12.3 Å². The summed E-state index contributed by atoms with van der Waals surface area (Å²) in [6, 6.07) is 2.00. The summed E-state index contributed by atoms with van der Waals surface area (Å²) in [6.45, 7) is 3.25. The highest BCUT2D eigenvalue weighted by Gasteiger charge is 2.47. The number of hydrogen-bond donors (Lipinski definition) is 1. The predicted molar refractivity (Wildman–Crippen MR) is 85.1 cm³/mol. The van der Waals surface area contributed by atoms with E-state index in [2.05, 4.69) is 4.98 Å². The number of alkyl halides is 3. The molecule has 1 amide bonds. The minimum absolute atomic E-state index is 0.00751. The van der Waals surface area contributed by atoms with Gasteiger partial charge in [0.2, 0.25) is 0 Å². The zero-order valence-electron chi connectivity index (χ0n) is 14.6. The first-order valence-corrected chi connectivity index (χ1v) is 7.98. The van der Waals surface area contributed by atoms with Crippen molar-refractivity contribution < 1.29 is 32.6 Å². The van der Waals surface area contributed by atoms with Crippen LogP contribution in [0, 0.1) is 0 Å². The Morgan fingerprint density at radius 2 is 2.04 bits per heavy atom. The van der Waals surface area contributed by atoms with Crippen molar-refractivity contribution in [2.75, 3.05) is 20.2 Å². The van der Waals surface area contributed by atoms with E-state index in [4.69, 9.17) is 4.74 Å². The number of esters is 1. The van der Waals surface area contributed by atoms with Gasteiger partial charge in [-0.2, -0.15) is 13.2 Å². The number of halogens is 3. The predicted octanol–water partition coefficient (Wildman–Crippen LogP) is 2.60. The van der Waals surface area contributed by atoms with Gasteiger partial charge in [-0.1, -0.05) is 13.0 Å². The second-order valence-electron chi connectivity index (χ2n) is 5.97. The average Bonchev–Trinajstić information content (AvgIpc) is 2.58. The molecule has 6 nitrogen and oxygen atoms in total. The summed E-state index contributed by atoms with van der Waals surface area (Å²) < 4.78 is 43.1. The molecule has 1 aliphatic heterocycles. The molecule has 2 heterocycles. The van der Waals surface area contributed by atoms with Gasteiger partial charge in [0.15, 0.2) is 5.57 Å². The number of aromatic nitrogens is 1. The van der Waals surface area contributed by atoms with Crippen LogP contribution in [0.25, 0.3) is 0 Å². The van der Waals surface area contributed by atoms with E-state index in [1.807, 2.05) is 0 Å². The van der Waals surface area contributed by atoms with Crippen molar-refractivity contribution in [3.05, 3.63) is 40.9 Å². The van der Waals surface area contributed by atoms with Gasteiger partial charge in [-0.25, -0.2) is 4.79 Å². The summed E-state index contributed by atoms with van der Waals surface area (Å²) in [6.07, 6.45) is -3.35. The Morgan fingerprint density at radius 3 is 2.50 bits per heavy atom. The quantitative estimate of drug-likeness (QED) is 0.649. The normalized spacial score (nSPS) is 21.2. The fourth-order valence-electron chi connectivity index (χ4n) is 3.03. The van der Waals surface area contributed by atoms with Gasteiger partial charge in [-0.3, -0.25) is 9.78 Å². The van der Waals surface area contributed by atoms with Crippen LogP contribution >= 0.6 is 0 Å². The topological polar surface area (TPSA) is 79.7 Å². The lowest BCUT2D eigenvalue weighted by molar-refractivity contribution is -0.143.